The van der Waals surface area contributed by atoms with Crippen molar-refractivity contribution < 1.29 is 28.7 Å². The highest BCUT2D eigenvalue weighted by atomic mass is 16.7. The van der Waals surface area contributed by atoms with E-state index in [0.29, 0.717) is 11.1 Å². The highest BCUT2D eigenvalue weighted by molar-refractivity contribution is 5.89. The fourth-order valence-corrected chi connectivity index (χ4v) is 0.761. The minimum Gasteiger partial charge on any atom is -0.424 e. The summed E-state index contributed by atoms with van der Waals surface area (Å²) in [6.45, 7) is 16.4. The molecule has 0 saturated carbocycles. The predicted octanol–water partition coefficient (Wildman–Crippen LogP) is 2.06. The van der Waals surface area contributed by atoms with Crippen molar-refractivity contribution in [1.82, 2.24) is 0 Å². The standard InChI is InChI=1S/C13H20O4.2C3H5NO/c1-8(2)10(5)12(14)16-7-17-13(15)11(6)9(3)4;2*1-2-3(4)5/h7H2,1-6H3;2*2H,1H2,(H2,4,5). The Morgan fingerprint density at radius 2 is 0.926 bits per heavy atom. The Balaban J connectivity index is -0.000000471. The molecule has 27 heavy (non-hydrogen) atoms. The lowest BCUT2D eigenvalue weighted by Crippen LogP contribution is -2.14. The molecule has 0 aromatic rings. The fourth-order valence-electron chi connectivity index (χ4n) is 0.761. The van der Waals surface area contributed by atoms with Gasteiger partial charge in [0.1, 0.15) is 0 Å². The molecule has 0 unspecified atom stereocenters. The van der Waals surface area contributed by atoms with Crippen molar-refractivity contribution in [2.45, 2.75) is 41.5 Å². The number of carbonyl (C=O) groups is 4. The van der Waals surface area contributed by atoms with Gasteiger partial charge in [-0.1, -0.05) is 24.3 Å². The third kappa shape index (κ3) is 19.0. The van der Waals surface area contributed by atoms with E-state index in [1.54, 1.807) is 13.8 Å². The number of rotatable bonds is 6. The first kappa shape index (κ1) is 28.6. The number of hydrogen-bond acceptors (Lipinski definition) is 6. The van der Waals surface area contributed by atoms with Crippen LogP contribution in [0.2, 0.25) is 0 Å². The molecule has 152 valence electrons. The Morgan fingerprint density at radius 1 is 0.704 bits per heavy atom. The zero-order valence-electron chi connectivity index (χ0n) is 16.9. The van der Waals surface area contributed by atoms with Crippen LogP contribution in [-0.2, 0) is 28.7 Å². The van der Waals surface area contributed by atoms with E-state index in [9.17, 15) is 19.2 Å². The molecule has 0 bridgehead atoms. The molecule has 0 aliphatic heterocycles. The van der Waals surface area contributed by atoms with Gasteiger partial charge >= 0.3 is 11.9 Å². The molecule has 0 spiro atoms. The summed E-state index contributed by atoms with van der Waals surface area (Å²) in [5, 5.41) is 0. The van der Waals surface area contributed by atoms with Crippen LogP contribution < -0.4 is 11.5 Å². The van der Waals surface area contributed by atoms with Crippen LogP contribution in [0.4, 0.5) is 0 Å². The number of hydrogen-bond donors (Lipinski definition) is 2. The molecule has 0 aromatic heterocycles. The summed E-state index contributed by atoms with van der Waals surface area (Å²) in [5.41, 5.74) is 11.9. The van der Waals surface area contributed by atoms with Crippen molar-refractivity contribution in [3.63, 3.8) is 0 Å². The van der Waals surface area contributed by atoms with E-state index in [2.05, 4.69) is 24.6 Å². The molecule has 8 nitrogen and oxygen atoms in total. The first-order valence-electron chi connectivity index (χ1n) is 7.77. The molecule has 0 heterocycles. The predicted molar refractivity (Wildman–Crippen MR) is 104 cm³/mol. The molecule has 8 heteroatoms. The van der Waals surface area contributed by atoms with E-state index < -0.39 is 23.8 Å². The molecule has 0 atom stereocenters. The average molecular weight is 382 g/mol. The lowest BCUT2D eigenvalue weighted by Gasteiger charge is -2.08. The Kier molecular flexibility index (Phi) is 17.3. The number of allylic oxidation sites excluding steroid dienone is 2. The molecule has 0 fully saturated rings. The summed E-state index contributed by atoms with van der Waals surface area (Å²) in [6.07, 6.45) is 2.11. The molecule has 4 N–H and O–H groups in total. The second kappa shape index (κ2) is 16.3. The van der Waals surface area contributed by atoms with Gasteiger partial charge in [0.25, 0.3) is 0 Å². The van der Waals surface area contributed by atoms with Crippen molar-refractivity contribution in [3.05, 3.63) is 47.6 Å². The van der Waals surface area contributed by atoms with Gasteiger partial charge in [0, 0.05) is 11.1 Å². The molecule has 0 aromatic carbocycles. The van der Waals surface area contributed by atoms with Gasteiger partial charge in [-0.15, -0.1) is 0 Å². The monoisotopic (exact) mass is 382 g/mol. The van der Waals surface area contributed by atoms with E-state index >= 15 is 0 Å². The molecule has 0 saturated heterocycles. The highest BCUT2D eigenvalue weighted by Gasteiger charge is 2.10. The highest BCUT2D eigenvalue weighted by Crippen LogP contribution is 2.06. The largest absolute Gasteiger partial charge is 0.424 e. The summed E-state index contributed by atoms with van der Waals surface area (Å²) in [7, 11) is 0. The maximum Gasteiger partial charge on any atom is 0.336 e. The number of carbonyl (C=O) groups excluding carboxylic acids is 4. The molecule has 0 radical (unpaired) electrons. The number of esters is 2. The lowest BCUT2D eigenvalue weighted by atomic mass is 10.2. The van der Waals surface area contributed by atoms with Crippen LogP contribution in [0, 0.1) is 0 Å². The Labute approximate surface area is 160 Å². The van der Waals surface area contributed by atoms with Crippen molar-refractivity contribution in [2.75, 3.05) is 6.79 Å². The van der Waals surface area contributed by atoms with E-state index in [1.165, 1.54) is 0 Å². The third-order valence-corrected chi connectivity index (χ3v) is 2.89. The molecule has 0 aliphatic carbocycles. The van der Waals surface area contributed by atoms with Crippen LogP contribution in [0.25, 0.3) is 0 Å². The van der Waals surface area contributed by atoms with Gasteiger partial charge in [0.15, 0.2) is 0 Å². The van der Waals surface area contributed by atoms with Crippen molar-refractivity contribution in [2.24, 2.45) is 11.5 Å². The smallest absolute Gasteiger partial charge is 0.336 e. The molecule has 0 rings (SSSR count). The van der Waals surface area contributed by atoms with Gasteiger partial charge in [-0.3, -0.25) is 9.59 Å². The first-order valence-corrected chi connectivity index (χ1v) is 7.77. The normalized spacial score (nSPS) is 8.22. The van der Waals surface area contributed by atoms with E-state index in [-0.39, 0.29) is 6.79 Å². The van der Waals surface area contributed by atoms with Gasteiger partial charge < -0.3 is 20.9 Å². The van der Waals surface area contributed by atoms with Crippen LogP contribution in [0.1, 0.15) is 41.5 Å². The Hall–Kier alpha value is -3.16. The quantitative estimate of drug-likeness (QED) is 0.409. The third-order valence-electron chi connectivity index (χ3n) is 2.89. The number of primary amides is 2. The van der Waals surface area contributed by atoms with Crippen LogP contribution in [0.3, 0.4) is 0 Å². The van der Waals surface area contributed by atoms with Gasteiger partial charge in [-0.05, 0) is 53.7 Å². The van der Waals surface area contributed by atoms with E-state index in [1.807, 2.05) is 27.7 Å². The SMILES string of the molecule is C=CC(N)=O.C=CC(N)=O.CC(C)=C(C)C(=O)OCOC(=O)C(C)=C(C)C. The summed E-state index contributed by atoms with van der Waals surface area (Å²) in [4.78, 5) is 41.7. The van der Waals surface area contributed by atoms with Gasteiger partial charge in [-0.2, -0.15) is 0 Å². The van der Waals surface area contributed by atoms with Gasteiger partial charge in [0.05, 0.1) is 0 Å². The zero-order chi connectivity index (χ0) is 22.2. The molecule has 2 amide bonds. The van der Waals surface area contributed by atoms with E-state index in [4.69, 9.17) is 9.47 Å². The van der Waals surface area contributed by atoms with Crippen molar-refractivity contribution >= 4 is 23.8 Å². The molecular weight excluding hydrogens is 352 g/mol. The maximum atomic E-state index is 11.4. The summed E-state index contributed by atoms with van der Waals surface area (Å²) < 4.78 is 9.61. The second-order valence-corrected chi connectivity index (χ2v) is 5.44. The minimum atomic E-state index is -0.481. The van der Waals surface area contributed by atoms with Crippen LogP contribution in [0.15, 0.2) is 47.6 Å². The van der Waals surface area contributed by atoms with Crippen LogP contribution in [0.5, 0.6) is 0 Å². The van der Waals surface area contributed by atoms with Crippen molar-refractivity contribution in [1.29, 1.82) is 0 Å². The average Bonchev–Trinajstić information content (AvgIpc) is 2.60. The fraction of sp³-hybridized carbons (Fsp3) is 0.368. The number of amides is 2. The van der Waals surface area contributed by atoms with Gasteiger partial charge in [0.2, 0.25) is 18.6 Å². The Bertz CT molecular complexity index is 568. The van der Waals surface area contributed by atoms with E-state index in [0.717, 1.165) is 23.3 Å². The number of ether oxygens (including phenoxy) is 2. The second-order valence-electron chi connectivity index (χ2n) is 5.44. The lowest BCUT2D eigenvalue weighted by molar-refractivity contribution is -0.161. The maximum absolute atomic E-state index is 11.4. The Morgan fingerprint density at radius 3 is 1.07 bits per heavy atom. The minimum absolute atomic E-state index is 0.354. The molecule has 0 aliphatic rings. The van der Waals surface area contributed by atoms with Gasteiger partial charge in [-0.25, -0.2) is 9.59 Å². The summed E-state index contributed by atoms with van der Waals surface area (Å²) >= 11 is 0. The number of nitrogens with two attached hydrogens (primary N) is 2. The molecular formula is C19H30N2O6. The van der Waals surface area contributed by atoms with Crippen LogP contribution in [-0.4, -0.2) is 30.5 Å². The first-order chi connectivity index (χ1) is 12.3. The zero-order valence-corrected chi connectivity index (χ0v) is 16.9. The summed E-state index contributed by atoms with van der Waals surface area (Å²) in [6, 6.07) is 0. The van der Waals surface area contributed by atoms with Crippen LogP contribution >= 0.6 is 0 Å². The summed E-state index contributed by atoms with van der Waals surface area (Å²) in [5.74, 6) is -1.89. The topological polar surface area (TPSA) is 139 Å². The van der Waals surface area contributed by atoms with Crippen molar-refractivity contribution in [3.8, 4) is 0 Å².